The molecule has 0 N–H and O–H groups in total. The highest BCUT2D eigenvalue weighted by atomic mass is 16.7. The standard InChI is InChI=1S/C25H38O6/c1-15(26)30-18-9-11-23(3)17(13-18)7-8-19-20(23)10-12-24(4)21(19)14-22(31-16(2)27)25(24,28-5)29-6/h7,18-22H,8-14H2,1-6H3/t18-,19+,20-,21-,22+,23-,24-/m0/s1. The van der Waals surface area contributed by atoms with E-state index in [-0.39, 0.29) is 28.9 Å². The first-order chi connectivity index (χ1) is 14.6. The quantitative estimate of drug-likeness (QED) is 0.371. The molecule has 0 amide bonds. The number of esters is 2. The molecule has 31 heavy (non-hydrogen) atoms. The molecule has 6 nitrogen and oxygen atoms in total. The van der Waals surface area contributed by atoms with Crippen molar-refractivity contribution in [2.24, 2.45) is 28.6 Å². The van der Waals surface area contributed by atoms with E-state index in [1.165, 1.54) is 19.4 Å². The van der Waals surface area contributed by atoms with E-state index in [1.54, 1.807) is 14.2 Å². The highest BCUT2D eigenvalue weighted by Crippen LogP contribution is 2.68. The molecule has 3 fully saturated rings. The molecule has 0 aromatic rings. The number of ether oxygens (including phenoxy) is 4. The normalized spacial score (nSPS) is 43.2. The third kappa shape index (κ3) is 3.28. The van der Waals surface area contributed by atoms with Crippen LogP contribution in [-0.2, 0) is 28.5 Å². The average molecular weight is 435 g/mol. The van der Waals surface area contributed by atoms with Gasteiger partial charge in [0.25, 0.3) is 0 Å². The molecule has 4 rings (SSSR count). The first kappa shape index (κ1) is 22.8. The lowest BCUT2D eigenvalue weighted by Crippen LogP contribution is -2.58. The summed E-state index contributed by atoms with van der Waals surface area (Å²) in [6.45, 7) is 7.64. The van der Waals surface area contributed by atoms with Gasteiger partial charge < -0.3 is 18.9 Å². The maximum atomic E-state index is 11.9. The summed E-state index contributed by atoms with van der Waals surface area (Å²) in [6.07, 6.45) is 8.74. The third-order valence-corrected chi connectivity index (χ3v) is 9.38. The van der Waals surface area contributed by atoms with E-state index in [4.69, 9.17) is 18.9 Å². The summed E-state index contributed by atoms with van der Waals surface area (Å²) in [7, 11) is 3.35. The number of carbonyl (C=O) groups excluding carboxylic acids is 2. The summed E-state index contributed by atoms with van der Waals surface area (Å²) < 4.78 is 23.4. The maximum Gasteiger partial charge on any atom is 0.303 e. The molecule has 0 unspecified atom stereocenters. The molecule has 174 valence electrons. The highest BCUT2D eigenvalue weighted by molar-refractivity contribution is 5.66. The fourth-order valence-electron chi connectivity index (χ4n) is 8.04. The number of hydrogen-bond donors (Lipinski definition) is 0. The molecular formula is C25H38O6. The van der Waals surface area contributed by atoms with Crippen LogP contribution in [0.3, 0.4) is 0 Å². The molecular weight excluding hydrogens is 396 g/mol. The minimum atomic E-state index is -0.911. The largest absolute Gasteiger partial charge is 0.462 e. The Kier molecular flexibility index (Phi) is 5.79. The fraction of sp³-hybridized carbons (Fsp3) is 0.840. The van der Waals surface area contributed by atoms with Gasteiger partial charge in [-0.25, -0.2) is 0 Å². The van der Waals surface area contributed by atoms with Gasteiger partial charge in [-0.05, 0) is 61.7 Å². The van der Waals surface area contributed by atoms with Gasteiger partial charge in [-0.1, -0.05) is 25.5 Å². The Morgan fingerprint density at radius 3 is 2.26 bits per heavy atom. The van der Waals surface area contributed by atoms with Gasteiger partial charge in [-0.2, -0.15) is 0 Å². The number of rotatable bonds is 4. The van der Waals surface area contributed by atoms with Crippen LogP contribution in [0.15, 0.2) is 11.6 Å². The molecule has 7 atom stereocenters. The van der Waals surface area contributed by atoms with E-state index in [1.807, 2.05) is 0 Å². The molecule has 4 aliphatic rings. The van der Waals surface area contributed by atoms with Crippen molar-refractivity contribution in [3.63, 3.8) is 0 Å². The lowest BCUT2D eigenvalue weighted by Gasteiger charge is -2.58. The van der Waals surface area contributed by atoms with Gasteiger partial charge in [0.2, 0.25) is 5.79 Å². The second-order valence-corrected chi connectivity index (χ2v) is 10.6. The Labute approximate surface area is 186 Å². The van der Waals surface area contributed by atoms with Crippen LogP contribution < -0.4 is 0 Å². The zero-order valence-corrected chi connectivity index (χ0v) is 19.9. The van der Waals surface area contributed by atoms with Crippen LogP contribution in [0.1, 0.15) is 72.6 Å². The van der Waals surface area contributed by atoms with Crippen molar-refractivity contribution in [3.8, 4) is 0 Å². The van der Waals surface area contributed by atoms with Crippen LogP contribution in [0, 0.1) is 28.6 Å². The van der Waals surface area contributed by atoms with Crippen LogP contribution in [0.25, 0.3) is 0 Å². The summed E-state index contributed by atoms with van der Waals surface area (Å²) in [5, 5.41) is 0. The van der Waals surface area contributed by atoms with Crippen LogP contribution in [0.2, 0.25) is 0 Å². The minimum Gasteiger partial charge on any atom is -0.462 e. The minimum absolute atomic E-state index is 0.0108. The SMILES string of the molecule is COC1(OC)[C@H](OC(C)=O)C[C@H]2[C@@H]3CC=C4C[C@@H](OC(C)=O)CC[C@]4(C)[C@H]3CC[C@@]21C. The molecule has 4 aliphatic carbocycles. The van der Waals surface area contributed by atoms with Gasteiger partial charge in [0.1, 0.15) is 6.10 Å². The molecule has 0 heterocycles. The zero-order chi connectivity index (χ0) is 22.6. The molecule has 0 aliphatic heterocycles. The predicted molar refractivity (Wildman–Crippen MR) is 115 cm³/mol. The van der Waals surface area contributed by atoms with Gasteiger partial charge >= 0.3 is 11.9 Å². The lowest BCUT2D eigenvalue weighted by molar-refractivity contribution is -0.308. The van der Waals surface area contributed by atoms with Crippen molar-refractivity contribution in [3.05, 3.63) is 11.6 Å². The molecule has 0 spiro atoms. The average Bonchev–Trinajstić information content (AvgIpc) is 2.95. The predicted octanol–water partition coefficient (Wildman–Crippen LogP) is 4.41. The summed E-state index contributed by atoms with van der Waals surface area (Å²) in [6, 6.07) is 0. The van der Waals surface area contributed by atoms with E-state index < -0.39 is 11.9 Å². The number of methoxy groups -OCH3 is 2. The fourth-order valence-corrected chi connectivity index (χ4v) is 8.04. The Hall–Kier alpha value is -1.40. The van der Waals surface area contributed by atoms with E-state index >= 15 is 0 Å². The molecule has 0 aromatic carbocycles. The van der Waals surface area contributed by atoms with E-state index in [0.29, 0.717) is 17.8 Å². The monoisotopic (exact) mass is 434 g/mol. The van der Waals surface area contributed by atoms with Gasteiger partial charge in [-0.15, -0.1) is 0 Å². The van der Waals surface area contributed by atoms with Gasteiger partial charge in [0.05, 0.1) is 0 Å². The summed E-state index contributed by atoms with van der Waals surface area (Å²) >= 11 is 0. The Balaban J connectivity index is 1.65. The van der Waals surface area contributed by atoms with Crippen molar-refractivity contribution in [2.45, 2.75) is 90.6 Å². The summed E-state index contributed by atoms with van der Waals surface area (Å²) in [5.41, 5.74) is 1.40. The lowest BCUT2D eigenvalue weighted by atomic mass is 9.47. The number of fused-ring (bicyclic) bond motifs is 5. The highest BCUT2D eigenvalue weighted by Gasteiger charge is 2.70. The Bertz CT molecular complexity index is 770. The van der Waals surface area contributed by atoms with Crippen LogP contribution in [-0.4, -0.2) is 44.2 Å². The van der Waals surface area contributed by atoms with Crippen molar-refractivity contribution in [1.82, 2.24) is 0 Å². The van der Waals surface area contributed by atoms with Gasteiger partial charge in [0.15, 0.2) is 6.10 Å². The number of hydrogen-bond acceptors (Lipinski definition) is 6. The van der Waals surface area contributed by atoms with Crippen molar-refractivity contribution in [2.75, 3.05) is 14.2 Å². The second-order valence-electron chi connectivity index (χ2n) is 10.6. The molecule has 0 radical (unpaired) electrons. The summed E-state index contributed by atoms with van der Waals surface area (Å²) in [5.74, 6) is 0.0513. The topological polar surface area (TPSA) is 71.1 Å². The van der Waals surface area contributed by atoms with Crippen molar-refractivity contribution < 1.29 is 28.5 Å². The van der Waals surface area contributed by atoms with Crippen LogP contribution in [0.4, 0.5) is 0 Å². The van der Waals surface area contributed by atoms with Crippen molar-refractivity contribution in [1.29, 1.82) is 0 Å². The van der Waals surface area contributed by atoms with E-state index in [0.717, 1.165) is 44.9 Å². The molecule has 6 heteroatoms. The van der Waals surface area contributed by atoms with Gasteiger partial charge in [-0.3, -0.25) is 9.59 Å². The van der Waals surface area contributed by atoms with Crippen LogP contribution in [0.5, 0.6) is 0 Å². The summed E-state index contributed by atoms with van der Waals surface area (Å²) in [4.78, 5) is 23.3. The van der Waals surface area contributed by atoms with Crippen LogP contribution >= 0.6 is 0 Å². The molecule has 0 saturated heterocycles. The Morgan fingerprint density at radius 2 is 1.65 bits per heavy atom. The first-order valence-corrected chi connectivity index (χ1v) is 11.8. The van der Waals surface area contributed by atoms with E-state index in [9.17, 15) is 9.59 Å². The third-order valence-electron chi connectivity index (χ3n) is 9.38. The smallest absolute Gasteiger partial charge is 0.303 e. The number of carbonyl (C=O) groups is 2. The zero-order valence-electron chi connectivity index (χ0n) is 19.9. The van der Waals surface area contributed by atoms with E-state index in [2.05, 4.69) is 19.9 Å². The Morgan fingerprint density at radius 1 is 0.968 bits per heavy atom. The molecule has 0 bridgehead atoms. The maximum absolute atomic E-state index is 11.9. The second kappa shape index (κ2) is 7.87. The first-order valence-electron chi connectivity index (χ1n) is 11.8. The molecule has 0 aromatic heterocycles. The number of allylic oxidation sites excluding steroid dienone is 1. The van der Waals surface area contributed by atoms with Crippen molar-refractivity contribution >= 4 is 11.9 Å². The van der Waals surface area contributed by atoms with Gasteiger partial charge in [0, 0.05) is 39.9 Å². The molecule has 3 saturated carbocycles.